The van der Waals surface area contributed by atoms with Crippen molar-refractivity contribution in [2.24, 2.45) is 7.05 Å². The van der Waals surface area contributed by atoms with Gasteiger partial charge in [-0.05, 0) is 25.1 Å². The number of aryl methyl sites for hydroxylation is 3. The van der Waals surface area contributed by atoms with Gasteiger partial charge in [-0.25, -0.2) is 18.7 Å². The molecule has 0 radical (unpaired) electrons. The molecule has 0 saturated heterocycles. The number of fused-ring (bicyclic) bond motifs is 2. The van der Waals surface area contributed by atoms with Gasteiger partial charge < -0.3 is 9.30 Å². The molecule has 0 spiro atoms. The zero-order valence-electron chi connectivity index (χ0n) is 19.4. The standard InChI is InChI=1S/C24H18ClFN6O3S/c1-12-29-16-10-28-11-18(21(16)30(12)2)32-23(33)22-17(31(24(32)34)6-4-5-27)9-20(36-22)13-7-19(35-3)15(26)8-14(13)25/h7-11H,4,6H2,1-3H3. The maximum atomic E-state index is 14.1. The summed E-state index contributed by atoms with van der Waals surface area (Å²) in [6, 6.07) is 6.28. The van der Waals surface area contributed by atoms with E-state index in [4.69, 9.17) is 16.3 Å². The van der Waals surface area contributed by atoms with Crippen molar-refractivity contribution in [2.75, 3.05) is 7.11 Å². The van der Waals surface area contributed by atoms with Crippen LogP contribution in [0, 0.1) is 24.1 Å². The van der Waals surface area contributed by atoms with Crippen molar-refractivity contribution < 1.29 is 9.13 Å². The topological polar surface area (TPSA) is 108 Å². The van der Waals surface area contributed by atoms with Crippen molar-refractivity contribution in [3.05, 3.63) is 68.1 Å². The SMILES string of the molecule is COc1cc(-c2cc3c(s2)c(=O)n(-c2cncc4nc(C)n(C)c24)c(=O)n3CCC#N)c(Cl)cc1F. The summed E-state index contributed by atoms with van der Waals surface area (Å²) in [6.07, 6.45) is 3.07. The normalized spacial score (nSPS) is 11.3. The summed E-state index contributed by atoms with van der Waals surface area (Å²) in [7, 11) is 3.13. The highest BCUT2D eigenvalue weighted by molar-refractivity contribution is 7.22. The largest absolute Gasteiger partial charge is 0.494 e. The van der Waals surface area contributed by atoms with Crippen LogP contribution >= 0.6 is 22.9 Å². The molecule has 36 heavy (non-hydrogen) atoms. The molecule has 0 saturated carbocycles. The van der Waals surface area contributed by atoms with Crippen LogP contribution in [0.5, 0.6) is 5.75 Å². The van der Waals surface area contributed by atoms with Crippen molar-refractivity contribution in [3.8, 4) is 27.9 Å². The van der Waals surface area contributed by atoms with Crippen molar-refractivity contribution in [1.82, 2.24) is 23.7 Å². The van der Waals surface area contributed by atoms with Gasteiger partial charge in [-0.3, -0.25) is 14.3 Å². The molecule has 12 heteroatoms. The zero-order valence-corrected chi connectivity index (χ0v) is 20.9. The van der Waals surface area contributed by atoms with Gasteiger partial charge >= 0.3 is 5.69 Å². The number of nitriles is 1. The molecule has 0 fully saturated rings. The van der Waals surface area contributed by atoms with Gasteiger partial charge in [-0.15, -0.1) is 11.3 Å². The van der Waals surface area contributed by atoms with Crippen LogP contribution in [0.25, 0.3) is 37.4 Å². The maximum Gasteiger partial charge on any atom is 0.336 e. The minimum absolute atomic E-state index is 0.00420. The molecule has 0 aliphatic heterocycles. The van der Waals surface area contributed by atoms with Crippen molar-refractivity contribution in [2.45, 2.75) is 19.9 Å². The fraction of sp³-hybridized carbons (Fsp3) is 0.208. The average molecular weight is 525 g/mol. The van der Waals surface area contributed by atoms with Crippen molar-refractivity contribution in [3.63, 3.8) is 0 Å². The van der Waals surface area contributed by atoms with Gasteiger partial charge in [0, 0.05) is 24.0 Å². The number of pyridine rings is 1. The molecule has 0 unspecified atom stereocenters. The molecule has 5 rings (SSSR count). The molecular formula is C24H18ClFN6O3S. The van der Waals surface area contributed by atoms with E-state index in [2.05, 4.69) is 9.97 Å². The van der Waals surface area contributed by atoms with Gasteiger partial charge in [0.1, 0.15) is 16.0 Å². The van der Waals surface area contributed by atoms with Gasteiger partial charge in [0.2, 0.25) is 0 Å². The first kappa shape index (κ1) is 23.7. The number of benzene rings is 1. The molecule has 4 aromatic heterocycles. The zero-order chi connectivity index (χ0) is 25.7. The summed E-state index contributed by atoms with van der Waals surface area (Å²) in [6.45, 7) is 1.88. The molecule has 0 atom stereocenters. The van der Waals surface area contributed by atoms with Crippen LogP contribution in [0.1, 0.15) is 12.2 Å². The van der Waals surface area contributed by atoms with Crippen LogP contribution in [0.2, 0.25) is 5.02 Å². The van der Waals surface area contributed by atoms with Crippen LogP contribution in [0.4, 0.5) is 4.39 Å². The number of imidazole rings is 1. The number of thiophene rings is 1. The summed E-state index contributed by atoms with van der Waals surface area (Å²) in [4.78, 5) is 36.6. The van der Waals surface area contributed by atoms with Gasteiger partial charge in [-0.1, -0.05) is 11.6 Å². The second-order valence-corrected chi connectivity index (χ2v) is 9.48. The van der Waals surface area contributed by atoms with Gasteiger partial charge in [0.05, 0.1) is 53.7 Å². The first-order valence-electron chi connectivity index (χ1n) is 10.7. The maximum absolute atomic E-state index is 14.1. The van der Waals surface area contributed by atoms with Crippen LogP contribution in [-0.2, 0) is 13.6 Å². The predicted molar refractivity (Wildman–Crippen MR) is 136 cm³/mol. The monoisotopic (exact) mass is 524 g/mol. The molecule has 1 aromatic carbocycles. The number of rotatable bonds is 5. The highest BCUT2D eigenvalue weighted by atomic mass is 35.5. The summed E-state index contributed by atoms with van der Waals surface area (Å²) < 4.78 is 23.7. The number of aromatic nitrogens is 5. The number of hydrogen-bond acceptors (Lipinski definition) is 7. The molecule has 182 valence electrons. The smallest absolute Gasteiger partial charge is 0.336 e. The van der Waals surface area contributed by atoms with Crippen molar-refractivity contribution in [1.29, 1.82) is 5.26 Å². The number of ether oxygens (including phenoxy) is 1. The van der Waals surface area contributed by atoms with Crippen LogP contribution < -0.4 is 16.0 Å². The van der Waals surface area contributed by atoms with Crippen LogP contribution in [0.15, 0.2) is 40.2 Å². The molecular weight excluding hydrogens is 507 g/mol. The van der Waals surface area contributed by atoms with E-state index >= 15 is 0 Å². The van der Waals surface area contributed by atoms with Gasteiger partial charge in [0.25, 0.3) is 5.56 Å². The van der Waals surface area contributed by atoms with E-state index in [9.17, 15) is 19.2 Å². The minimum Gasteiger partial charge on any atom is -0.494 e. The highest BCUT2D eigenvalue weighted by Crippen LogP contribution is 2.39. The Labute approximate surface area is 212 Å². The van der Waals surface area contributed by atoms with E-state index in [1.165, 1.54) is 23.9 Å². The Kier molecular flexibility index (Phi) is 5.86. The Morgan fingerprint density at radius 1 is 1.25 bits per heavy atom. The summed E-state index contributed by atoms with van der Waals surface area (Å²) >= 11 is 7.44. The molecule has 0 aliphatic carbocycles. The van der Waals surface area contributed by atoms with E-state index < -0.39 is 17.1 Å². The van der Waals surface area contributed by atoms with Crippen molar-refractivity contribution >= 4 is 44.2 Å². The van der Waals surface area contributed by atoms with E-state index in [0.29, 0.717) is 32.8 Å². The third-order valence-corrected chi connectivity index (χ3v) is 7.46. The Hall–Kier alpha value is -4.01. The average Bonchev–Trinajstić information content (AvgIpc) is 3.41. The van der Waals surface area contributed by atoms with E-state index in [-0.39, 0.29) is 34.1 Å². The highest BCUT2D eigenvalue weighted by Gasteiger charge is 2.22. The van der Waals surface area contributed by atoms with Gasteiger partial charge in [0.15, 0.2) is 11.6 Å². The van der Waals surface area contributed by atoms with E-state index in [1.54, 1.807) is 23.9 Å². The fourth-order valence-corrected chi connectivity index (χ4v) is 5.61. The summed E-state index contributed by atoms with van der Waals surface area (Å²) in [5.41, 5.74) is 1.07. The lowest BCUT2D eigenvalue weighted by Crippen LogP contribution is -2.38. The molecule has 0 amide bonds. The molecule has 9 nitrogen and oxygen atoms in total. The Morgan fingerprint density at radius 3 is 2.75 bits per heavy atom. The second kappa shape index (κ2) is 8.89. The lowest BCUT2D eigenvalue weighted by Gasteiger charge is -2.12. The Morgan fingerprint density at radius 2 is 2.03 bits per heavy atom. The quantitative estimate of drug-likeness (QED) is 0.341. The third-order valence-electron chi connectivity index (χ3n) is 6.00. The number of nitrogens with zero attached hydrogens (tertiary/aromatic N) is 6. The first-order chi connectivity index (χ1) is 17.3. The molecule has 0 N–H and O–H groups in total. The molecule has 0 aliphatic rings. The summed E-state index contributed by atoms with van der Waals surface area (Å²) in [5, 5.41) is 9.33. The molecule has 0 bridgehead atoms. The van der Waals surface area contributed by atoms with Crippen LogP contribution in [0.3, 0.4) is 0 Å². The number of methoxy groups -OCH3 is 1. The second-order valence-electron chi connectivity index (χ2n) is 8.02. The fourth-order valence-electron chi connectivity index (χ4n) is 4.18. The lowest BCUT2D eigenvalue weighted by molar-refractivity contribution is 0.387. The Bertz CT molecular complexity index is 1850. The number of halogens is 2. The molecule has 4 heterocycles. The number of hydrogen-bond donors (Lipinski definition) is 0. The Balaban J connectivity index is 1.86. The first-order valence-corrected chi connectivity index (χ1v) is 11.9. The summed E-state index contributed by atoms with van der Waals surface area (Å²) in [5.74, 6) is 0.0691. The van der Waals surface area contributed by atoms with E-state index in [1.807, 2.05) is 13.0 Å². The molecule has 5 aromatic rings. The third kappa shape index (κ3) is 3.57. The lowest BCUT2D eigenvalue weighted by atomic mass is 10.1. The predicted octanol–water partition coefficient (Wildman–Crippen LogP) is 4.19. The minimum atomic E-state index is -0.618. The van der Waals surface area contributed by atoms with Crippen LogP contribution in [-0.4, -0.2) is 30.8 Å². The van der Waals surface area contributed by atoms with E-state index in [0.717, 1.165) is 22.0 Å². The van der Waals surface area contributed by atoms with Gasteiger partial charge in [-0.2, -0.15) is 5.26 Å².